The average Bonchev–Trinajstić information content (AvgIpc) is 2.97. The summed E-state index contributed by atoms with van der Waals surface area (Å²) in [7, 11) is 3.18. The summed E-state index contributed by atoms with van der Waals surface area (Å²) in [6, 6.07) is 12.9. The minimum absolute atomic E-state index is 0.233. The summed E-state index contributed by atoms with van der Waals surface area (Å²) in [5.41, 5.74) is 2.58. The van der Waals surface area contributed by atoms with Gasteiger partial charge in [-0.25, -0.2) is 9.79 Å². The Morgan fingerprint density at radius 3 is 2.46 bits per heavy atom. The Hall–Kier alpha value is -3.08. The minimum atomic E-state index is -0.482. The molecule has 0 saturated carbocycles. The van der Waals surface area contributed by atoms with Crippen molar-refractivity contribution in [1.29, 1.82) is 0 Å². The number of nitrogens with zero attached hydrogens (tertiary/aromatic N) is 1. The van der Waals surface area contributed by atoms with Crippen molar-refractivity contribution in [3.63, 3.8) is 0 Å². The summed E-state index contributed by atoms with van der Waals surface area (Å²) >= 11 is 0. The van der Waals surface area contributed by atoms with Crippen LogP contribution in [0.1, 0.15) is 16.7 Å². The van der Waals surface area contributed by atoms with Crippen molar-refractivity contribution in [3.05, 3.63) is 64.9 Å². The van der Waals surface area contributed by atoms with Crippen LogP contribution >= 0.6 is 0 Å². The van der Waals surface area contributed by atoms with Crippen molar-refractivity contribution in [2.75, 3.05) is 14.2 Å². The van der Waals surface area contributed by atoms with Crippen LogP contribution in [-0.4, -0.2) is 26.1 Å². The van der Waals surface area contributed by atoms with E-state index in [1.807, 2.05) is 49.4 Å². The molecule has 0 bridgehead atoms. The van der Waals surface area contributed by atoms with Gasteiger partial charge >= 0.3 is 5.97 Å². The Morgan fingerprint density at radius 2 is 1.79 bits per heavy atom. The molecular weight excluding hydrogens is 306 g/mol. The van der Waals surface area contributed by atoms with Gasteiger partial charge in [0.15, 0.2) is 5.70 Å². The molecule has 0 saturated heterocycles. The second-order valence-electron chi connectivity index (χ2n) is 5.22. The van der Waals surface area contributed by atoms with E-state index in [0.29, 0.717) is 11.6 Å². The van der Waals surface area contributed by atoms with Gasteiger partial charge in [-0.05, 0) is 37.3 Å². The SMILES string of the molecule is COc1ccc(C=C2N=C(c3ccccc3)OC2=O)c(OC)c1C. The fourth-order valence-corrected chi connectivity index (χ4v) is 2.56. The third-order valence-electron chi connectivity index (χ3n) is 3.74. The summed E-state index contributed by atoms with van der Waals surface area (Å²) in [4.78, 5) is 16.4. The molecule has 2 aromatic carbocycles. The molecule has 0 atom stereocenters. The van der Waals surface area contributed by atoms with Gasteiger partial charge in [-0.3, -0.25) is 0 Å². The number of aliphatic imine (C=N–C) groups is 1. The molecule has 122 valence electrons. The maximum atomic E-state index is 12.1. The van der Waals surface area contributed by atoms with Gasteiger partial charge < -0.3 is 14.2 Å². The van der Waals surface area contributed by atoms with Crippen molar-refractivity contribution < 1.29 is 19.0 Å². The summed E-state index contributed by atoms with van der Waals surface area (Å²) < 4.78 is 16.0. The molecule has 0 spiro atoms. The number of carbonyl (C=O) groups is 1. The van der Waals surface area contributed by atoms with Gasteiger partial charge in [0.1, 0.15) is 11.5 Å². The highest BCUT2D eigenvalue weighted by molar-refractivity contribution is 6.12. The molecule has 5 heteroatoms. The molecule has 5 nitrogen and oxygen atoms in total. The Bertz CT molecular complexity index is 838. The van der Waals surface area contributed by atoms with Crippen LogP contribution in [0.3, 0.4) is 0 Å². The van der Waals surface area contributed by atoms with E-state index in [9.17, 15) is 4.79 Å². The largest absolute Gasteiger partial charge is 0.496 e. The molecule has 24 heavy (non-hydrogen) atoms. The van der Waals surface area contributed by atoms with Crippen LogP contribution in [0, 0.1) is 6.92 Å². The number of ether oxygens (including phenoxy) is 3. The zero-order chi connectivity index (χ0) is 17.1. The van der Waals surface area contributed by atoms with E-state index in [-0.39, 0.29) is 5.70 Å². The second-order valence-corrected chi connectivity index (χ2v) is 5.22. The lowest BCUT2D eigenvalue weighted by atomic mass is 10.1. The van der Waals surface area contributed by atoms with E-state index in [0.717, 1.165) is 22.4 Å². The molecule has 1 aliphatic rings. The number of esters is 1. The highest BCUT2D eigenvalue weighted by Crippen LogP contribution is 2.33. The van der Waals surface area contributed by atoms with Crippen molar-refractivity contribution in [1.82, 2.24) is 0 Å². The van der Waals surface area contributed by atoms with Crippen LogP contribution < -0.4 is 9.47 Å². The first-order valence-electron chi connectivity index (χ1n) is 7.43. The number of cyclic esters (lactones) is 1. The quantitative estimate of drug-likeness (QED) is 0.639. The zero-order valence-corrected chi connectivity index (χ0v) is 13.7. The summed E-state index contributed by atoms with van der Waals surface area (Å²) in [6.45, 7) is 1.89. The van der Waals surface area contributed by atoms with Crippen LogP contribution in [-0.2, 0) is 9.53 Å². The minimum Gasteiger partial charge on any atom is -0.496 e. The third-order valence-corrected chi connectivity index (χ3v) is 3.74. The van der Waals surface area contributed by atoms with Crippen molar-refractivity contribution >= 4 is 17.9 Å². The summed E-state index contributed by atoms with van der Waals surface area (Å²) in [5.74, 6) is 1.18. The van der Waals surface area contributed by atoms with E-state index < -0.39 is 5.97 Å². The van der Waals surface area contributed by atoms with Gasteiger partial charge in [-0.15, -0.1) is 0 Å². The highest BCUT2D eigenvalue weighted by Gasteiger charge is 2.24. The van der Waals surface area contributed by atoms with Crippen LogP contribution in [0.15, 0.2) is 53.2 Å². The van der Waals surface area contributed by atoms with Crippen molar-refractivity contribution in [2.45, 2.75) is 6.92 Å². The zero-order valence-electron chi connectivity index (χ0n) is 13.7. The maximum Gasteiger partial charge on any atom is 0.363 e. The van der Waals surface area contributed by atoms with Gasteiger partial charge in [-0.2, -0.15) is 0 Å². The van der Waals surface area contributed by atoms with Crippen molar-refractivity contribution in [2.24, 2.45) is 4.99 Å². The van der Waals surface area contributed by atoms with E-state index in [1.54, 1.807) is 20.3 Å². The standard InChI is InChI=1S/C19H17NO4/c1-12-16(22-2)10-9-14(17(12)23-3)11-15-19(21)24-18(20-15)13-7-5-4-6-8-13/h4-11H,1-3H3. The fraction of sp³-hybridized carbons (Fsp3) is 0.158. The lowest BCUT2D eigenvalue weighted by Gasteiger charge is -2.12. The molecule has 0 N–H and O–H groups in total. The topological polar surface area (TPSA) is 57.1 Å². The molecule has 0 amide bonds. The molecular formula is C19H17NO4. The average molecular weight is 323 g/mol. The number of benzene rings is 2. The van der Waals surface area contributed by atoms with Crippen LogP contribution in [0.2, 0.25) is 0 Å². The maximum absolute atomic E-state index is 12.1. The first-order chi connectivity index (χ1) is 11.6. The molecule has 0 aromatic heterocycles. The van der Waals surface area contributed by atoms with Crippen molar-refractivity contribution in [3.8, 4) is 11.5 Å². The number of rotatable bonds is 4. The summed E-state index contributed by atoms with van der Waals surface area (Å²) in [5, 5.41) is 0. The van der Waals surface area contributed by atoms with Crippen LogP contribution in [0.4, 0.5) is 0 Å². The molecule has 0 radical (unpaired) electrons. The van der Waals surface area contributed by atoms with Crippen LogP contribution in [0.5, 0.6) is 11.5 Å². The third kappa shape index (κ3) is 2.88. The lowest BCUT2D eigenvalue weighted by Crippen LogP contribution is -2.05. The number of methoxy groups -OCH3 is 2. The molecule has 1 heterocycles. The molecule has 2 aromatic rings. The Kier molecular flexibility index (Phi) is 4.33. The first kappa shape index (κ1) is 15.8. The molecule has 0 fully saturated rings. The van der Waals surface area contributed by atoms with E-state index in [1.165, 1.54) is 0 Å². The van der Waals surface area contributed by atoms with Gasteiger partial charge in [0.05, 0.1) is 14.2 Å². The second kappa shape index (κ2) is 6.58. The monoisotopic (exact) mass is 323 g/mol. The number of hydrogen-bond donors (Lipinski definition) is 0. The molecule has 0 unspecified atom stereocenters. The number of carbonyl (C=O) groups excluding carboxylic acids is 1. The van der Waals surface area contributed by atoms with E-state index >= 15 is 0 Å². The van der Waals surface area contributed by atoms with Gasteiger partial charge in [-0.1, -0.05) is 18.2 Å². The van der Waals surface area contributed by atoms with E-state index in [2.05, 4.69) is 4.99 Å². The normalized spacial score (nSPS) is 15.2. The first-order valence-corrected chi connectivity index (χ1v) is 7.43. The van der Waals surface area contributed by atoms with Crippen LogP contribution in [0.25, 0.3) is 6.08 Å². The molecule has 0 aliphatic carbocycles. The Balaban J connectivity index is 2.01. The van der Waals surface area contributed by atoms with Gasteiger partial charge in [0.25, 0.3) is 0 Å². The van der Waals surface area contributed by atoms with E-state index in [4.69, 9.17) is 14.2 Å². The van der Waals surface area contributed by atoms with Gasteiger partial charge in [0, 0.05) is 16.7 Å². The predicted octanol–water partition coefficient (Wildman–Crippen LogP) is 3.36. The smallest absolute Gasteiger partial charge is 0.363 e. The number of hydrogen-bond acceptors (Lipinski definition) is 5. The summed E-state index contributed by atoms with van der Waals surface area (Å²) in [6.07, 6.45) is 1.66. The molecule has 3 rings (SSSR count). The van der Waals surface area contributed by atoms with Gasteiger partial charge in [0.2, 0.25) is 5.90 Å². The lowest BCUT2D eigenvalue weighted by molar-refractivity contribution is -0.129. The fourth-order valence-electron chi connectivity index (χ4n) is 2.56. The highest BCUT2D eigenvalue weighted by atomic mass is 16.6. The predicted molar refractivity (Wildman–Crippen MR) is 91.3 cm³/mol. The Labute approximate surface area is 140 Å². The Morgan fingerprint density at radius 1 is 1.04 bits per heavy atom. The molecule has 1 aliphatic heterocycles.